The van der Waals surface area contributed by atoms with Crippen LogP contribution in [0.4, 0.5) is 0 Å². The van der Waals surface area contributed by atoms with E-state index in [9.17, 15) is 77.2 Å². The Labute approximate surface area is 330 Å². The summed E-state index contributed by atoms with van der Waals surface area (Å²) >= 11 is 0. The van der Waals surface area contributed by atoms with Crippen molar-refractivity contribution in [1.29, 1.82) is 0 Å². The van der Waals surface area contributed by atoms with Crippen molar-refractivity contribution >= 4 is 158 Å². The quantitative estimate of drug-likeness (QED) is 0.105. The summed E-state index contributed by atoms with van der Waals surface area (Å²) in [4.78, 5) is 105. The second-order valence-corrected chi connectivity index (χ2v) is 11.0. The molecule has 232 valence electrons. The number of phosphoric acid groups is 4. The van der Waals surface area contributed by atoms with Crippen LogP contribution in [0.3, 0.4) is 0 Å². The van der Waals surface area contributed by atoms with Gasteiger partial charge in [0.2, 0.25) is 11.5 Å². The summed E-state index contributed by atoms with van der Waals surface area (Å²) in [5.74, 6) is -9.51. The van der Waals surface area contributed by atoms with Crippen LogP contribution >= 0.6 is 31.3 Å². The second kappa shape index (κ2) is 22.7. The average molecular weight is 784 g/mol. The van der Waals surface area contributed by atoms with Crippen molar-refractivity contribution in [1.82, 2.24) is 0 Å². The molecule has 4 atom stereocenters. The van der Waals surface area contributed by atoms with Crippen molar-refractivity contribution < 1.29 is 115 Å². The Morgan fingerprint density at radius 2 is 0.822 bits per heavy atom. The number of rotatable bonds is 12. The maximum absolute atomic E-state index is 11.5. The van der Waals surface area contributed by atoms with E-state index in [4.69, 9.17) is 10.2 Å². The zero-order valence-corrected chi connectivity index (χ0v) is 32.6. The average Bonchev–Trinajstić information content (AvgIpc) is 3.18. The fourth-order valence-corrected chi connectivity index (χ4v) is 4.28. The standard InChI is InChI=1S/2C6H10O12P2.5Mg/c2*7-1-2(17-19(10,11)12)4-3(8)5(6(9)16-4)18-20(13,14)15;;;;;/h2*2,4,7-8H,1H2,(H2,10,11,12)(H2,13,14,15);;;;;/q;;5*+2/p-10/t2*2-,4+;;;;;/m00...../s1. The summed E-state index contributed by atoms with van der Waals surface area (Å²) in [5.41, 5.74) is 0. The number of phosphoric ester groups is 4. The molecule has 0 fully saturated rings. The smallest absolute Gasteiger partial charge is 0.870 e. The van der Waals surface area contributed by atoms with E-state index in [0.29, 0.717) is 0 Å². The second-order valence-electron chi connectivity index (χ2n) is 6.66. The maximum Gasteiger partial charge on any atom is 2.00 e. The number of hydrogen-bond donors (Lipinski definition) is 2. The molecule has 2 rings (SSSR count). The molecule has 0 saturated heterocycles. The predicted molar refractivity (Wildman–Crippen MR) is 119 cm³/mol. The molecule has 0 radical (unpaired) electrons. The number of carbonyl (C=O) groups excluding carboxylic acids is 2. The van der Waals surface area contributed by atoms with Gasteiger partial charge in [0.25, 0.3) is 0 Å². The van der Waals surface area contributed by atoms with Gasteiger partial charge in [-0.05, 0) is 11.5 Å². The Balaban J connectivity index is -0.000000213. The molecule has 2 aliphatic heterocycles. The molecule has 2 heterocycles. The number of aliphatic hydroxyl groups excluding tert-OH is 2. The van der Waals surface area contributed by atoms with Gasteiger partial charge in [0.05, 0.1) is 28.9 Å². The van der Waals surface area contributed by atoms with Gasteiger partial charge in [0.1, 0.15) is 40.1 Å². The summed E-state index contributed by atoms with van der Waals surface area (Å²) in [5, 5.41) is 40.5. The Hall–Kier alpha value is 1.89. The Bertz CT molecular complexity index is 1140. The summed E-state index contributed by atoms with van der Waals surface area (Å²) < 4.78 is 64.4. The topological polar surface area (TPSA) is 429 Å². The molecule has 0 amide bonds. The van der Waals surface area contributed by atoms with Crippen LogP contribution in [0.15, 0.2) is 23.0 Å². The van der Waals surface area contributed by atoms with E-state index in [1.165, 1.54) is 0 Å². The molecule has 0 aromatic carbocycles. The Morgan fingerprint density at radius 3 is 1.00 bits per heavy atom. The van der Waals surface area contributed by atoms with E-state index in [1.807, 2.05) is 0 Å². The van der Waals surface area contributed by atoms with E-state index in [1.54, 1.807) is 0 Å². The third-order valence-corrected chi connectivity index (χ3v) is 5.64. The van der Waals surface area contributed by atoms with Gasteiger partial charge in [-0.1, -0.05) is 0 Å². The number of aliphatic hydroxyl groups is 2. The van der Waals surface area contributed by atoms with Gasteiger partial charge in [0, 0.05) is 0 Å². The molecule has 45 heavy (non-hydrogen) atoms. The van der Waals surface area contributed by atoms with Gasteiger partial charge in [-0.25, -0.2) is 9.59 Å². The number of ether oxygens (including phenoxy) is 2. The van der Waals surface area contributed by atoms with E-state index < -0.39 is 104 Å². The molecule has 0 aromatic heterocycles. The Kier molecular flexibility index (Phi) is 28.3. The van der Waals surface area contributed by atoms with Crippen LogP contribution in [0.1, 0.15) is 0 Å². The van der Waals surface area contributed by atoms with Crippen LogP contribution in [-0.4, -0.2) is 175 Å². The summed E-state index contributed by atoms with van der Waals surface area (Å²) in [6, 6.07) is 0. The molecule has 33 heteroatoms. The molecule has 0 saturated carbocycles. The largest absolute Gasteiger partial charge is 2.00 e. The van der Waals surface area contributed by atoms with Crippen molar-refractivity contribution in [3.63, 3.8) is 0 Å². The SMILES string of the molecule is O=C1O[C@H]([C@H](CO)OP(=O)([O-])[O-])C([O-])=C1OP(=O)([O-])[O-].O=C1O[C@H]([C@H](CO)OP(=O)([O-])[O-])C([O-])=C1OP(=O)([O-])[O-].[Mg+2].[Mg+2].[Mg+2].[Mg+2].[Mg+2]. The van der Waals surface area contributed by atoms with Crippen molar-refractivity contribution in [3.8, 4) is 0 Å². The molecular weight excluding hydrogens is 774 g/mol. The predicted octanol–water partition coefficient (Wildman–Crippen LogP) is -12.8. The van der Waals surface area contributed by atoms with Gasteiger partial charge >= 0.3 is 127 Å². The van der Waals surface area contributed by atoms with Crippen molar-refractivity contribution in [2.24, 2.45) is 0 Å². The van der Waals surface area contributed by atoms with Crippen LogP contribution in [0.25, 0.3) is 0 Å². The number of esters is 2. The fraction of sp³-hybridized carbons (Fsp3) is 0.500. The van der Waals surface area contributed by atoms with Gasteiger partial charge in [0.15, 0.2) is 0 Å². The molecule has 24 nitrogen and oxygen atoms in total. The zero-order valence-electron chi connectivity index (χ0n) is 21.9. The number of cyclic esters (lactones) is 2. The van der Waals surface area contributed by atoms with Gasteiger partial charge in [-0.3, -0.25) is 0 Å². The first-order valence-electron chi connectivity index (χ1n) is 9.19. The van der Waals surface area contributed by atoms with Gasteiger partial charge in [-0.2, -0.15) is 0 Å². The molecule has 2 N–H and O–H groups in total. The monoisotopic (exact) mass is 782 g/mol. The van der Waals surface area contributed by atoms with Crippen molar-refractivity contribution in [2.75, 3.05) is 13.2 Å². The zero-order chi connectivity index (χ0) is 31.4. The molecule has 0 unspecified atom stereocenters. The summed E-state index contributed by atoms with van der Waals surface area (Å²) in [7, 11) is -22.7. The third-order valence-electron chi connectivity index (χ3n) is 3.77. The molecule has 0 bridgehead atoms. The first kappa shape index (κ1) is 56.3. The minimum absolute atomic E-state index is 0. The fourth-order valence-electron chi connectivity index (χ4n) is 2.48. The minimum atomic E-state index is -5.74. The van der Waals surface area contributed by atoms with Gasteiger partial charge < -0.3 is 105 Å². The maximum atomic E-state index is 11.5. The first-order valence-corrected chi connectivity index (χ1v) is 15.0. The number of hydrogen-bond acceptors (Lipinski definition) is 24. The van der Waals surface area contributed by atoms with Crippen LogP contribution in [0.2, 0.25) is 0 Å². The van der Waals surface area contributed by atoms with Crippen LogP contribution in [-0.2, 0) is 55.4 Å². The normalized spacial score (nSPS) is 19.4. The van der Waals surface area contributed by atoms with Gasteiger partial charge in [-0.15, -0.1) is 0 Å². The molecule has 0 aliphatic carbocycles. The Morgan fingerprint density at radius 1 is 0.578 bits per heavy atom. The molecular formula is C12H10Mg5O24P4. The molecule has 0 spiro atoms. The van der Waals surface area contributed by atoms with E-state index in [0.717, 1.165) is 0 Å². The third kappa shape index (κ3) is 20.4. The van der Waals surface area contributed by atoms with Crippen LogP contribution < -0.4 is 49.4 Å². The molecule has 2 aliphatic rings. The van der Waals surface area contributed by atoms with Crippen molar-refractivity contribution in [2.45, 2.75) is 24.4 Å². The van der Waals surface area contributed by atoms with E-state index in [2.05, 4.69) is 27.6 Å². The minimum Gasteiger partial charge on any atom is -0.870 e. The summed E-state index contributed by atoms with van der Waals surface area (Å²) in [6.07, 6.45) is -8.45. The van der Waals surface area contributed by atoms with Crippen molar-refractivity contribution in [3.05, 3.63) is 23.0 Å². The first-order chi connectivity index (χ1) is 17.9. The number of carbonyl (C=O) groups is 2. The van der Waals surface area contributed by atoms with Crippen LogP contribution in [0.5, 0.6) is 0 Å². The van der Waals surface area contributed by atoms with Crippen LogP contribution in [0, 0.1) is 0 Å². The van der Waals surface area contributed by atoms with E-state index >= 15 is 0 Å². The van der Waals surface area contributed by atoms with E-state index in [-0.39, 0.29) is 115 Å². The summed E-state index contributed by atoms with van der Waals surface area (Å²) in [6.45, 7) is -2.45. The molecule has 0 aromatic rings.